The van der Waals surface area contributed by atoms with Gasteiger partial charge in [-0.15, -0.1) is 11.3 Å². The molecule has 1 atom stereocenters. The second kappa shape index (κ2) is 6.37. The number of carbonyl (C=O) groups excluding carboxylic acids is 1. The summed E-state index contributed by atoms with van der Waals surface area (Å²) in [7, 11) is 0. The van der Waals surface area contributed by atoms with Crippen molar-refractivity contribution in [2.24, 2.45) is 0 Å². The molecule has 0 saturated heterocycles. The lowest BCUT2D eigenvalue weighted by molar-refractivity contribution is -0.146. The third-order valence-electron chi connectivity index (χ3n) is 3.09. The monoisotopic (exact) mass is 301 g/mol. The zero-order chi connectivity index (χ0) is 15.3. The minimum absolute atomic E-state index is 0.447. The number of aliphatic carboxylic acids is 1. The summed E-state index contributed by atoms with van der Waals surface area (Å²) in [6.07, 6.45) is 3.00. The van der Waals surface area contributed by atoms with Gasteiger partial charge in [0.2, 0.25) is 5.91 Å². The highest BCUT2D eigenvalue weighted by atomic mass is 32.1. The van der Waals surface area contributed by atoms with Crippen LogP contribution in [0, 0.1) is 0 Å². The van der Waals surface area contributed by atoms with Crippen molar-refractivity contribution in [3.8, 4) is 0 Å². The molecule has 2 N–H and O–H groups in total. The van der Waals surface area contributed by atoms with Gasteiger partial charge in [-0.25, -0.2) is 4.79 Å². The van der Waals surface area contributed by atoms with Gasteiger partial charge in [0.05, 0.1) is 0 Å². The minimum Gasteiger partial charge on any atom is -0.479 e. The van der Waals surface area contributed by atoms with Crippen LogP contribution in [0.4, 0.5) is 0 Å². The molecule has 0 bridgehead atoms. The van der Waals surface area contributed by atoms with Crippen LogP contribution in [-0.4, -0.2) is 17.0 Å². The van der Waals surface area contributed by atoms with Crippen LogP contribution in [0.15, 0.2) is 53.9 Å². The number of benzene rings is 1. The van der Waals surface area contributed by atoms with Gasteiger partial charge in [-0.05, 0) is 30.0 Å². The molecule has 1 amide bonds. The standard InChI is InChI=1S/C16H15NO3S/c1-16(15(19)20,12-6-3-2-4-7-12)17-14(18)10-9-13-8-5-11-21-13/h2-11H,1H3,(H,17,18)(H,19,20). The third kappa shape index (κ3) is 3.58. The summed E-state index contributed by atoms with van der Waals surface area (Å²) in [5.74, 6) is -1.55. The zero-order valence-electron chi connectivity index (χ0n) is 11.4. The van der Waals surface area contributed by atoms with Gasteiger partial charge in [0, 0.05) is 11.0 Å². The van der Waals surface area contributed by atoms with Gasteiger partial charge in [-0.1, -0.05) is 36.4 Å². The lowest BCUT2D eigenvalue weighted by Gasteiger charge is -2.26. The molecule has 0 fully saturated rings. The first kappa shape index (κ1) is 15.0. The predicted molar refractivity (Wildman–Crippen MR) is 82.9 cm³/mol. The second-order valence-corrected chi connectivity index (χ2v) is 5.61. The number of hydrogen-bond acceptors (Lipinski definition) is 3. The molecule has 4 nitrogen and oxygen atoms in total. The average molecular weight is 301 g/mol. The molecule has 1 aromatic heterocycles. The van der Waals surface area contributed by atoms with Gasteiger partial charge in [-0.3, -0.25) is 4.79 Å². The van der Waals surface area contributed by atoms with Crippen LogP contribution >= 0.6 is 11.3 Å². The first-order chi connectivity index (χ1) is 10.0. The Morgan fingerprint density at radius 2 is 1.90 bits per heavy atom. The Morgan fingerprint density at radius 3 is 2.48 bits per heavy atom. The van der Waals surface area contributed by atoms with E-state index in [0.717, 1.165) is 4.88 Å². The van der Waals surface area contributed by atoms with E-state index in [0.29, 0.717) is 5.56 Å². The largest absolute Gasteiger partial charge is 0.479 e. The molecule has 2 rings (SSSR count). The Labute approximate surface area is 126 Å². The Balaban J connectivity index is 2.17. The van der Waals surface area contributed by atoms with E-state index < -0.39 is 17.4 Å². The van der Waals surface area contributed by atoms with E-state index in [1.807, 2.05) is 17.5 Å². The summed E-state index contributed by atoms with van der Waals surface area (Å²) in [5, 5.41) is 13.9. The summed E-state index contributed by atoms with van der Waals surface area (Å²) >= 11 is 1.50. The van der Waals surface area contributed by atoms with Crippen molar-refractivity contribution in [3.63, 3.8) is 0 Å². The number of hydrogen-bond donors (Lipinski definition) is 2. The second-order valence-electron chi connectivity index (χ2n) is 4.63. The third-order valence-corrected chi connectivity index (χ3v) is 3.93. The average Bonchev–Trinajstić information content (AvgIpc) is 2.99. The zero-order valence-corrected chi connectivity index (χ0v) is 12.3. The highest BCUT2D eigenvalue weighted by Gasteiger charge is 2.36. The van der Waals surface area contributed by atoms with Gasteiger partial charge in [0.1, 0.15) is 0 Å². The van der Waals surface area contributed by atoms with E-state index in [1.165, 1.54) is 24.3 Å². The fourth-order valence-electron chi connectivity index (χ4n) is 1.85. The fourth-order valence-corrected chi connectivity index (χ4v) is 2.47. The normalized spacial score (nSPS) is 13.8. The van der Waals surface area contributed by atoms with Crippen molar-refractivity contribution >= 4 is 29.3 Å². The molecule has 1 unspecified atom stereocenters. The number of carboxylic acid groups (broad SMARTS) is 1. The van der Waals surface area contributed by atoms with Crippen LogP contribution in [0.1, 0.15) is 17.4 Å². The summed E-state index contributed by atoms with van der Waals surface area (Å²) in [6, 6.07) is 12.4. The number of amides is 1. The maximum Gasteiger partial charge on any atom is 0.333 e. The van der Waals surface area contributed by atoms with Gasteiger partial charge < -0.3 is 10.4 Å². The van der Waals surface area contributed by atoms with Gasteiger partial charge in [0.15, 0.2) is 5.54 Å². The van der Waals surface area contributed by atoms with Crippen molar-refractivity contribution in [3.05, 3.63) is 64.4 Å². The maximum absolute atomic E-state index is 12.0. The molecule has 0 aliphatic carbocycles. The molecule has 108 valence electrons. The number of carbonyl (C=O) groups is 2. The van der Waals surface area contributed by atoms with E-state index >= 15 is 0 Å². The SMILES string of the molecule is CC(NC(=O)C=Cc1cccs1)(C(=O)O)c1ccccc1. The Morgan fingerprint density at radius 1 is 1.19 bits per heavy atom. The van der Waals surface area contributed by atoms with Crippen molar-refractivity contribution in [2.75, 3.05) is 0 Å². The molecule has 1 aromatic carbocycles. The molecular formula is C16H15NO3S. The first-order valence-corrected chi connectivity index (χ1v) is 7.23. The van der Waals surface area contributed by atoms with E-state index in [1.54, 1.807) is 36.4 Å². The van der Waals surface area contributed by atoms with Crippen LogP contribution in [-0.2, 0) is 15.1 Å². The lowest BCUT2D eigenvalue weighted by Crippen LogP contribution is -2.49. The Hall–Kier alpha value is -2.40. The number of nitrogens with one attached hydrogen (secondary N) is 1. The molecule has 0 aliphatic rings. The van der Waals surface area contributed by atoms with Gasteiger partial charge in [0.25, 0.3) is 0 Å². The van der Waals surface area contributed by atoms with Crippen molar-refractivity contribution < 1.29 is 14.7 Å². The fraction of sp³-hybridized carbons (Fsp3) is 0.125. The van der Waals surface area contributed by atoms with Crippen LogP contribution in [0.25, 0.3) is 6.08 Å². The molecular weight excluding hydrogens is 286 g/mol. The molecule has 1 heterocycles. The first-order valence-electron chi connectivity index (χ1n) is 6.35. The number of rotatable bonds is 5. The summed E-state index contributed by atoms with van der Waals surface area (Å²) < 4.78 is 0. The van der Waals surface area contributed by atoms with E-state index in [9.17, 15) is 14.7 Å². The van der Waals surface area contributed by atoms with Gasteiger partial charge in [-0.2, -0.15) is 0 Å². The summed E-state index contributed by atoms with van der Waals surface area (Å²) in [5.41, 5.74) is -0.937. The van der Waals surface area contributed by atoms with Crippen LogP contribution in [0.2, 0.25) is 0 Å². The van der Waals surface area contributed by atoms with Crippen LogP contribution in [0.3, 0.4) is 0 Å². The molecule has 0 spiro atoms. The smallest absolute Gasteiger partial charge is 0.333 e. The summed E-state index contributed by atoms with van der Waals surface area (Å²) in [6.45, 7) is 1.47. The quantitative estimate of drug-likeness (QED) is 0.835. The molecule has 0 saturated carbocycles. The maximum atomic E-state index is 12.0. The Kier molecular flexibility index (Phi) is 4.55. The highest BCUT2D eigenvalue weighted by molar-refractivity contribution is 7.10. The van der Waals surface area contributed by atoms with Crippen molar-refractivity contribution in [1.29, 1.82) is 0 Å². The molecule has 5 heteroatoms. The van der Waals surface area contributed by atoms with Crippen LogP contribution < -0.4 is 5.32 Å². The van der Waals surface area contributed by atoms with E-state index in [2.05, 4.69) is 5.32 Å². The minimum atomic E-state index is -1.46. The lowest BCUT2D eigenvalue weighted by atomic mass is 9.92. The van der Waals surface area contributed by atoms with Crippen molar-refractivity contribution in [1.82, 2.24) is 5.32 Å². The molecule has 21 heavy (non-hydrogen) atoms. The molecule has 0 radical (unpaired) electrons. The Bertz CT molecular complexity index is 649. The van der Waals surface area contributed by atoms with Crippen LogP contribution in [0.5, 0.6) is 0 Å². The highest BCUT2D eigenvalue weighted by Crippen LogP contribution is 2.21. The van der Waals surface area contributed by atoms with E-state index in [-0.39, 0.29) is 0 Å². The molecule has 0 aliphatic heterocycles. The van der Waals surface area contributed by atoms with Gasteiger partial charge >= 0.3 is 5.97 Å². The summed E-state index contributed by atoms with van der Waals surface area (Å²) in [4.78, 5) is 24.5. The van der Waals surface area contributed by atoms with Crippen molar-refractivity contribution in [2.45, 2.75) is 12.5 Å². The predicted octanol–water partition coefficient (Wildman–Crippen LogP) is 2.88. The number of thiophene rings is 1. The van der Waals surface area contributed by atoms with E-state index in [4.69, 9.17) is 0 Å². The molecule has 2 aromatic rings. The topological polar surface area (TPSA) is 66.4 Å². The number of carboxylic acids is 1.